The third-order valence-corrected chi connectivity index (χ3v) is 3.41. The van der Waals surface area contributed by atoms with Gasteiger partial charge in [0.25, 0.3) is 0 Å². The lowest BCUT2D eigenvalue weighted by molar-refractivity contribution is 1.11. The SMILES string of the molecule is Cc1cccc(Nc2nc3ccccc3n3cnnc23)c1. The van der Waals surface area contributed by atoms with Gasteiger partial charge in [0.15, 0.2) is 5.82 Å². The Morgan fingerprint density at radius 1 is 1.05 bits per heavy atom. The van der Waals surface area contributed by atoms with E-state index in [1.165, 1.54) is 5.56 Å². The van der Waals surface area contributed by atoms with Crippen LogP contribution in [0.25, 0.3) is 16.7 Å². The third kappa shape index (κ3) is 1.99. The second-order valence-corrected chi connectivity index (χ2v) is 4.97. The van der Waals surface area contributed by atoms with Crippen LogP contribution in [0.15, 0.2) is 54.9 Å². The fourth-order valence-corrected chi connectivity index (χ4v) is 2.45. The number of anilines is 2. The van der Waals surface area contributed by atoms with E-state index in [1.807, 2.05) is 40.8 Å². The summed E-state index contributed by atoms with van der Waals surface area (Å²) >= 11 is 0. The van der Waals surface area contributed by atoms with E-state index in [2.05, 4.69) is 39.6 Å². The van der Waals surface area contributed by atoms with Crippen molar-refractivity contribution in [1.82, 2.24) is 19.6 Å². The van der Waals surface area contributed by atoms with E-state index in [0.29, 0.717) is 5.82 Å². The molecule has 2 aromatic heterocycles. The largest absolute Gasteiger partial charge is 0.337 e. The fourth-order valence-electron chi connectivity index (χ4n) is 2.45. The highest BCUT2D eigenvalue weighted by Gasteiger charge is 2.10. The second kappa shape index (κ2) is 4.56. The molecule has 4 aromatic rings. The monoisotopic (exact) mass is 275 g/mol. The molecule has 2 aromatic carbocycles. The zero-order valence-electron chi connectivity index (χ0n) is 11.5. The van der Waals surface area contributed by atoms with E-state index < -0.39 is 0 Å². The smallest absolute Gasteiger partial charge is 0.204 e. The minimum atomic E-state index is 0.705. The molecule has 0 saturated heterocycles. The average Bonchev–Trinajstić information content (AvgIpc) is 2.97. The van der Waals surface area contributed by atoms with Crippen molar-refractivity contribution in [2.45, 2.75) is 6.92 Å². The molecule has 0 spiro atoms. The van der Waals surface area contributed by atoms with Gasteiger partial charge in [0, 0.05) is 5.69 Å². The molecule has 0 radical (unpaired) electrons. The van der Waals surface area contributed by atoms with Gasteiger partial charge in [-0.15, -0.1) is 10.2 Å². The first-order valence-corrected chi connectivity index (χ1v) is 6.73. The molecule has 1 N–H and O–H groups in total. The van der Waals surface area contributed by atoms with Crippen molar-refractivity contribution in [3.8, 4) is 0 Å². The maximum absolute atomic E-state index is 4.67. The van der Waals surface area contributed by atoms with Crippen LogP contribution in [-0.2, 0) is 0 Å². The molecular formula is C16H13N5. The number of fused-ring (bicyclic) bond motifs is 3. The molecule has 0 unspecified atom stereocenters. The number of rotatable bonds is 2. The topological polar surface area (TPSA) is 55.1 Å². The molecule has 0 atom stereocenters. The van der Waals surface area contributed by atoms with E-state index in [9.17, 15) is 0 Å². The minimum absolute atomic E-state index is 0.705. The van der Waals surface area contributed by atoms with Crippen molar-refractivity contribution < 1.29 is 0 Å². The van der Waals surface area contributed by atoms with Crippen LogP contribution in [0.2, 0.25) is 0 Å². The number of para-hydroxylation sites is 2. The van der Waals surface area contributed by atoms with Gasteiger partial charge in [-0.05, 0) is 36.8 Å². The molecule has 5 heteroatoms. The predicted molar refractivity (Wildman–Crippen MR) is 82.7 cm³/mol. The average molecular weight is 275 g/mol. The molecule has 4 rings (SSSR count). The maximum atomic E-state index is 4.67. The van der Waals surface area contributed by atoms with Gasteiger partial charge >= 0.3 is 0 Å². The highest BCUT2D eigenvalue weighted by molar-refractivity contribution is 5.83. The molecule has 0 saturated carbocycles. The van der Waals surface area contributed by atoms with Gasteiger partial charge in [0.1, 0.15) is 6.33 Å². The Hall–Kier alpha value is -2.95. The van der Waals surface area contributed by atoms with Crippen LogP contribution in [0.3, 0.4) is 0 Å². The summed E-state index contributed by atoms with van der Waals surface area (Å²) < 4.78 is 1.94. The second-order valence-electron chi connectivity index (χ2n) is 4.97. The summed E-state index contributed by atoms with van der Waals surface area (Å²) in [5.74, 6) is 0.705. The van der Waals surface area contributed by atoms with Crippen molar-refractivity contribution in [3.05, 3.63) is 60.4 Å². The summed E-state index contributed by atoms with van der Waals surface area (Å²) in [5, 5.41) is 11.5. The van der Waals surface area contributed by atoms with Crippen molar-refractivity contribution >= 4 is 28.2 Å². The Morgan fingerprint density at radius 3 is 2.86 bits per heavy atom. The lowest BCUT2D eigenvalue weighted by Gasteiger charge is -2.09. The molecule has 0 aliphatic rings. The van der Waals surface area contributed by atoms with E-state index in [-0.39, 0.29) is 0 Å². The number of aromatic nitrogens is 4. The van der Waals surface area contributed by atoms with Crippen molar-refractivity contribution in [2.75, 3.05) is 5.32 Å². The van der Waals surface area contributed by atoms with Crippen LogP contribution in [0.4, 0.5) is 11.5 Å². The van der Waals surface area contributed by atoms with Crippen LogP contribution in [0.1, 0.15) is 5.56 Å². The summed E-state index contributed by atoms with van der Waals surface area (Å²) in [4.78, 5) is 4.67. The van der Waals surface area contributed by atoms with Gasteiger partial charge in [0.05, 0.1) is 11.0 Å². The summed E-state index contributed by atoms with van der Waals surface area (Å²) in [6.45, 7) is 2.06. The van der Waals surface area contributed by atoms with Crippen molar-refractivity contribution in [1.29, 1.82) is 0 Å². The van der Waals surface area contributed by atoms with Crippen LogP contribution < -0.4 is 5.32 Å². The quantitative estimate of drug-likeness (QED) is 0.609. The van der Waals surface area contributed by atoms with Gasteiger partial charge in [-0.1, -0.05) is 24.3 Å². The molecule has 5 nitrogen and oxygen atoms in total. The van der Waals surface area contributed by atoms with Gasteiger partial charge in [-0.3, -0.25) is 4.40 Å². The molecule has 0 fully saturated rings. The number of hydrogen-bond donors (Lipinski definition) is 1. The standard InChI is InChI=1S/C16H13N5/c1-11-5-4-6-12(9-11)18-15-16-20-17-10-21(16)14-8-3-2-7-13(14)19-15/h2-10H,1H3,(H,18,19). The Kier molecular flexibility index (Phi) is 2.57. The Morgan fingerprint density at radius 2 is 1.95 bits per heavy atom. The summed E-state index contributed by atoms with van der Waals surface area (Å²) in [7, 11) is 0. The zero-order valence-corrected chi connectivity index (χ0v) is 11.5. The Labute approximate surface area is 121 Å². The Bertz CT molecular complexity index is 942. The molecular weight excluding hydrogens is 262 g/mol. The van der Waals surface area contributed by atoms with Crippen LogP contribution in [-0.4, -0.2) is 19.6 Å². The normalized spacial score (nSPS) is 11.1. The molecule has 102 valence electrons. The van der Waals surface area contributed by atoms with E-state index in [0.717, 1.165) is 22.4 Å². The lowest BCUT2D eigenvalue weighted by Crippen LogP contribution is -2.00. The maximum Gasteiger partial charge on any atom is 0.204 e. The van der Waals surface area contributed by atoms with Crippen LogP contribution >= 0.6 is 0 Å². The van der Waals surface area contributed by atoms with E-state index in [4.69, 9.17) is 0 Å². The zero-order chi connectivity index (χ0) is 14.2. The summed E-state index contributed by atoms with van der Waals surface area (Å²) in [6.07, 6.45) is 1.71. The first kappa shape index (κ1) is 11.8. The van der Waals surface area contributed by atoms with E-state index >= 15 is 0 Å². The molecule has 0 amide bonds. The van der Waals surface area contributed by atoms with Crippen LogP contribution in [0, 0.1) is 6.92 Å². The predicted octanol–water partition coefficient (Wildman–Crippen LogP) is 3.33. The number of nitrogens with zero attached hydrogens (tertiary/aromatic N) is 4. The van der Waals surface area contributed by atoms with Gasteiger partial charge < -0.3 is 5.32 Å². The lowest BCUT2D eigenvalue weighted by atomic mass is 10.2. The minimum Gasteiger partial charge on any atom is -0.337 e. The van der Waals surface area contributed by atoms with Gasteiger partial charge in [0.2, 0.25) is 5.65 Å². The highest BCUT2D eigenvalue weighted by atomic mass is 15.3. The van der Waals surface area contributed by atoms with Crippen molar-refractivity contribution in [2.24, 2.45) is 0 Å². The van der Waals surface area contributed by atoms with Gasteiger partial charge in [-0.2, -0.15) is 0 Å². The number of nitrogens with one attached hydrogen (secondary N) is 1. The number of aryl methyl sites for hydroxylation is 1. The molecule has 2 heterocycles. The molecule has 21 heavy (non-hydrogen) atoms. The van der Waals surface area contributed by atoms with Crippen LogP contribution in [0.5, 0.6) is 0 Å². The third-order valence-electron chi connectivity index (χ3n) is 3.41. The first-order valence-electron chi connectivity index (χ1n) is 6.73. The number of hydrogen-bond acceptors (Lipinski definition) is 4. The fraction of sp³-hybridized carbons (Fsp3) is 0.0625. The summed E-state index contributed by atoms with van der Waals surface area (Å²) in [5.41, 5.74) is 4.79. The van der Waals surface area contributed by atoms with Crippen molar-refractivity contribution in [3.63, 3.8) is 0 Å². The molecule has 0 aliphatic carbocycles. The van der Waals surface area contributed by atoms with E-state index in [1.54, 1.807) is 6.33 Å². The summed E-state index contributed by atoms with van der Waals surface area (Å²) in [6, 6.07) is 16.1. The molecule has 0 aliphatic heterocycles. The first-order chi connectivity index (χ1) is 10.3. The Balaban J connectivity index is 1.92. The highest BCUT2D eigenvalue weighted by Crippen LogP contribution is 2.23. The van der Waals surface area contributed by atoms with Gasteiger partial charge in [-0.25, -0.2) is 4.98 Å². The number of benzene rings is 2. The molecule has 0 bridgehead atoms.